The average molecular weight is 799 g/mol. The van der Waals surface area contributed by atoms with Crippen LogP contribution in [0.15, 0.2) is 158 Å². The Morgan fingerprint density at radius 3 is 0.967 bits per heavy atom. The third-order valence-electron chi connectivity index (χ3n) is 10.7. The molecule has 3 aliphatic heterocycles. The van der Waals surface area contributed by atoms with E-state index in [-0.39, 0.29) is 16.9 Å². The fourth-order valence-corrected chi connectivity index (χ4v) is 8.00. The van der Waals surface area contributed by atoms with Crippen molar-refractivity contribution in [2.24, 2.45) is 0 Å². The van der Waals surface area contributed by atoms with Gasteiger partial charge in [-0.15, -0.1) is 0 Å². The molecule has 8 bridgehead atoms. The number of amides is 3. The van der Waals surface area contributed by atoms with Crippen LogP contribution in [-0.2, 0) is 10.3 Å². The molecule has 3 aliphatic rings. The van der Waals surface area contributed by atoms with Crippen LogP contribution in [0, 0.1) is 0 Å². The smallest absolute Gasteiger partial charge is 0.322 e. The topological polar surface area (TPSA) is 167 Å². The summed E-state index contributed by atoms with van der Waals surface area (Å²) in [5.74, 6) is 2.04. The second kappa shape index (κ2) is 14.3. The number of imide groups is 1. The van der Waals surface area contributed by atoms with Crippen LogP contribution in [0.25, 0.3) is 89.7 Å². The standard InChI is InChI=1S/C32H18N8.C15H12N2O2.H4Si/c1-2-10-18-17(9-1)25-33-26(18)38-28-21-13-5-6-14-22(21)30(35-28)40-32-24-16-8-7-15-23(24)31(36-32)39-29-20-12-4-3-11-19(20)27(34-29)37-25;18-13-15(17-14(19)16-13,11-7-3-1-4-8-11)12-9-5-2-6-10-12;/h1-16H,(H2,33,34,35,36,37,38,39,40);1-10H,(H2,16,17,18,19);1H4. The molecule has 0 radical (unpaired) electrons. The maximum Gasteiger partial charge on any atom is 0.322 e. The zero-order valence-corrected chi connectivity index (χ0v) is 31.0. The Morgan fingerprint density at radius 2 is 0.667 bits per heavy atom. The lowest BCUT2D eigenvalue weighted by Crippen LogP contribution is -2.44. The molecule has 6 aromatic carbocycles. The molecule has 3 amide bonds. The van der Waals surface area contributed by atoms with E-state index in [1.54, 1.807) is 0 Å². The molecule has 13 heteroatoms. The molecule has 0 atom stereocenters. The van der Waals surface area contributed by atoms with Gasteiger partial charge >= 0.3 is 6.03 Å². The van der Waals surface area contributed by atoms with Crippen molar-refractivity contribution in [2.75, 3.05) is 0 Å². The summed E-state index contributed by atoms with van der Waals surface area (Å²) in [4.78, 5) is 60.7. The van der Waals surface area contributed by atoms with Gasteiger partial charge in [0.05, 0.1) is 0 Å². The first-order valence-electron chi connectivity index (χ1n) is 19.0. The Labute approximate surface area is 345 Å². The van der Waals surface area contributed by atoms with Gasteiger partial charge in [-0.25, -0.2) is 34.7 Å². The summed E-state index contributed by atoms with van der Waals surface area (Å²) in [6, 6.07) is 50.2. The van der Waals surface area contributed by atoms with E-state index < -0.39 is 11.6 Å². The number of H-pyrrole nitrogens is 2. The highest BCUT2D eigenvalue weighted by Gasteiger charge is 2.49. The Balaban J connectivity index is 0.000000183. The minimum Gasteiger partial charge on any atom is -0.324 e. The normalized spacial score (nSPS) is 13.3. The van der Waals surface area contributed by atoms with Crippen molar-refractivity contribution < 1.29 is 9.59 Å². The van der Waals surface area contributed by atoms with Crippen LogP contribution < -0.4 is 10.6 Å². The zero-order chi connectivity index (χ0) is 39.5. The van der Waals surface area contributed by atoms with Gasteiger partial charge in [-0.05, 0) is 22.1 Å². The number of carbonyl (C=O) groups excluding carboxylic acids is 2. The van der Waals surface area contributed by atoms with Crippen LogP contribution in [0.3, 0.4) is 0 Å². The highest BCUT2D eigenvalue weighted by atomic mass is 28.1. The highest BCUT2D eigenvalue weighted by Crippen LogP contribution is 2.37. The zero-order valence-electron chi connectivity index (χ0n) is 31.0. The molecular formula is C47H34N10O2Si. The van der Waals surface area contributed by atoms with Gasteiger partial charge in [0.1, 0.15) is 22.6 Å². The number of benzene rings is 6. The number of hydrogen-bond donors (Lipinski definition) is 4. The van der Waals surface area contributed by atoms with E-state index in [1.165, 1.54) is 0 Å². The summed E-state index contributed by atoms with van der Waals surface area (Å²) >= 11 is 0. The first-order valence-corrected chi connectivity index (χ1v) is 19.0. The summed E-state index contributed by atoms with van der Waals surface area (Å²) in [5, 5.41) is 8.89. The van der Waals surface area contributed by atoms with Gasteiger partial charge in [-0.3, -0.25) is 10.1 Å². The SMILES string of the molecule is O=C1NC(=O)C(c2ccccc2)(c2ccccc2)N1.[SiH4].c1ccc2c(c1)-c1nc-2nc2[nH]c(nc3nc(nc4[nH]c(n1)c1ccccc41)-c1ccccc1-3)c1ccccc21. The lowest BCUT2D eigenvalue weighted by molar-refractivity contribution is -0.122. The molecule has 12 rings (SSSR count). The van der Waals surface area contributed by atoms with E-state index >= 15 is 0 Å². The molecule has 288 valence electrons. The molecule has 3 aromatic heterocycles. The Kier molecular flexibility index (Phi) is 8.65. The first-order chi connectivity index (χ1) is 29.0. The molecule has 0 unspecified atom stereocenters. The average Bonchev–Trinajstić information content (AvgIpc) is 4.08. The molecule has 12 nitrogen and oxygen atoms in total. The van der Waals surface area contributed by atoms with Gasteiger partial charge in [-0.1, -0.05) is 158 Å². The minimum atomic E-state index is -1.14. The first kappa shape index (κ1) is 36.2. The van der Waals surface area contributed by atoms with Crippen LogP contribution in [-0.4, -0.2) is 62.8 Å². The van der Waals surface area contributed by atoms with Crippen LogP contribution in [0.4, 0.5) is 4.79 Å². The van der Waals surface area contributed by atoms with Crippen LogP contribution in [0.1, 0.15) is 11.1 Å². The molecule has 1 fully saturated rings. The number of fused-ring (bicyclic) bond motifs is 20. The number of carbonyl (C=O) groups is 2. The molecule has 6 heterocycles. The molecule has 60 heavy (non-hydrogen) atoms. The van der Waals surface area contributed by atoms with Crippen molar-refractivity contribution in [3.05, 3.63) is 169 Å². The molecule has 1 saturated heterocycles. The third kappa shape index (κ3) is 5.83. The van der Waals surface area contributed by atoms with E-state index in [4.69, 9.17) is 29.9 Å². The van der Waals surface area contributed by atoms with Gasteiger partial charge in [0.2, 0.25) is 0 Å². The fourth-order valence-electron chi connectivity index (χ4n) is 8.00. The lowest BCUT2D eigenvalue weighted by atomic mass is 9.83. The van der Waals surface area contributed by atoms with Crippen molar-refractivity contribution >= 4 is 67.0 Å². The Hall–Kier alpha value is -8.16. The van der Waals surface area contributed by atoms with Crippen molar-refractivity contribution in [1.29, 1.82) is 0 Å². The maximum atomic E-state index is 12.3. The number of aromatic nitrogens is 8. The predicted octanol–water partition coefficient (Wildman–Crippen LogP) is 7.19. The predicted molar refractivity (Wildman–Crippen MR) is 238 cm³/mol. The van der Waals surface area contributed by atoms with E-state index in [9.17, 15) is 9.59 Å². The molecule has 9 aromatic rings. The third-order valence-corrected chi connectivity index (χ3v) is 10.7. The number of hydrogen-bond acceptors (Lipinski definition) is 8. The second-order valence-corrected chi connectivity index (χ2v) is 14.2. The van der Waals surface area contributed by atoms with Gasteiger partial charge < -0.3 is 15.3 Å². The van der Waals surface area contributed by atoms with E-state index in [2.05, 4.69) is 20.6 Å². The molecule has 0 aliphatic carbocycles. The van der Waals surface area contributed by atoms with E-state index in [0.717, 1.165) is 54.9 Å². The van der Waals surface area contributed by atoms with Crippen molar-refractivity contribution in [1.82, 2.24) is 50.5 Å². The molecule has 0 saturated carbocycles. The summed E-state index contributed by atoms with van der Waals surface area (Å²) in [6.07, 6.45) is 0. The van der Waals surface area contributed by atoms with Gasteiger partial charge in [0.25, 0.3) is 5.91 Å². The van der Waals surface area contributed by atoms with Gasteiger partial charge in [0.15, 0.2) is 28.8 Å². The lowest BCUT2D eigenvalue weighted by Gasteiger charge is -2.27. The number of nitrogens with zero attached hydrogens (tertiary/aromatic N) is 6. The van der Waals surface area contributed by atoms with Crippen molar-refractivity contribution in [3.63, 3.8) is 0 Å². The summed E-state index contributed by atoms with van der Waals surface area (Å²) in [5.41, 5.74) is 6.79. The highest BCUT2D eigenvalue weighted by molar-refractivity contribution is 6.10. The summed E-state index contributed by atoms with van der Waals surface area (Å²) in [7, 11) is 0. The summed E-state index contributed by atoms with van der Waals surface area (Å²) < 4.78 is 0. The second-order valence-electron chi connectivity index (χ2n) is 14.2. The quantitative estimate of drug-likeness (QED) is 0.105. The van der Waals surface area contributed by atoms with Gasteiger partial charge in [0, 0.05) is 43.8 Å². The van der Waals surface area contributed by atoms with Crippen molar-refractivity contribution in [2.45, 2.75) is 5.54 Å². The fraction of sp³-hybridized carbons (Fsp3) is 0.0213. The van der Waals surface area contributed by atoms with E-state index in [0.29, 0.717) is 45.9 Å². The number of aromatic amines is 2. The number of rotatable bonds is 2. The van der Waals surface area contributed by atoms with Gasteiger partial charge in [-0.2, -0.15) is 0 Å². The van der Waals surface area contributed by atoms with Crippen LogP contribution in [0.5, 0.6) is 0 Å². The monoisotopic (exact) mass is 798 g/mol. The Bertz CT molecular complexity index is 2990. The van der Waals surface area contributed by atoms with Crippen LogP contribution >= 0.6 is 0 Å². The van der Waals surface area contributed by atoms with Crippen LogP contribution in [0.2, 0.25) is 0 Å². The molecular weight excluding hydrogens is 765 g/mol. The number of urea groups is 1. The molecule has 0 spiro atoms. The molecule has 4 N–H and O–H groups in total. The maximum absolute atomic E-state index is 12.3. The largest absolute Gasteiger partial charge is 0.324 e. The number of nitrogens with one attached hydrogen (secondary N) is 4. The van der Waals surface area contributed by atoms with Crippen molar-refractivity contribution in [3.8, 4) is 45.6 Å². The summed E-state index contributed by atoms with van der Waals surface area (Å²) in [6.45, 7) is 0. The van der Waals surface area contributed by atoms with E-state index in [1.807, 2.05) is 158 Å². The minimum absolute atomic E-state index is 0. The Morgan fingerprint density at radius 1 is 0.367 bits per heavy atom.